The first-order valence-electron chi connectivity index (χ1n) is 8.21. The molecule has 2 rings (SSSR count). The minimum absolute atomic E-state index is 0.240. The molecule has 0 fully saturated rings. The van der Waals surface area contributed by atoms with Crippen LogP contribution in [-0.2, 0) is 0 Å². The number of hydrogen-bond acceptors (Lipinski definition) is 5. The van der Waals surface area contributed by atoms with Gasteiger partial charge in [-0.3, -0.25) is 4.79 Å². The number of anilines is 3. The zero-order valence-corrected chi connectivity index (χ0v) is 15.1. The van der Waals surface area contributed by atoms with Gasteiger partial charge in [-0.15, -0.1) is 0 Å². The second-order valence-electron chi connectivity index (χ2n) is 5.47. The molecule has 0 aliphatic carbocycles. The molecular weight excluding hydrogens is 318 g/mol. The van der Waals surface area contributed by atoms with E-state index in [0.717, 1.165) is 18.8 Å². The Morgan fingerprint density at radius 2 is 1.72 bits per heavy atom. The first-order chi connectivity index (χ1) is 12.0. The molecule has 25 heavy (non-hydrogen) atoms. The number of nitrogens with one attached hydrogen (secondary N) is 1. The summed E-state index contributed by atoms with van der Waals surface area (Å²) in [6, 6.07) is 10.6. The number of rotatable bonds is 7. The van der Waals surface area contributed by atoms with Crippen LogP contribution in [0.1, 0.15) is 24.2 Å². The number of ether oxygens (including phenoxy) is 2. The van der Waals surface area contributed by atoms with Gasteiger partial charge in [0.05, 0.1) is 25.6 Å². The number of hydrogen-bond donors (Lipinski definition) is 2. The standard InChI is InChI=1S/C19H25N3O3/c1-5-22(6-2)16-9-8-14(12-15(16)20)21-19(23)13-7-10-17(24-3)18(11-13)25-4/h7-12H,5-6,20H2,1-4H3,(H,21,23). The van der Waals surface area contributed by atoms with Gasteiger partial charge in [0.2, 0.25) is 0 Å². The normalized spacial score (nSPS) is 10.2. The fourth-order valence-corrected chi connectivity index (χ4v) is 2.67. The third-order valence-corrected chi connectivity index (χ3v) is 4.04. The molecule has 0 saturated carbocycles. The molecule has 0 saturated heterocycles. The van der Waals surface area contributed by atoms with Crippen LogP contribution in [0.5, 0.6) is 11.5 Å². The molecule has 2 aromatic carbocycles. The van der Waals surface area contributed by atoms with Crippen LogP contribution in [-0.4, -0.2) is 33.2 Å². The molecule has 0 aromatic heterocycles. The third kappa shape index (κ3) is 4.15. The summed E-state index contributed by atoms with van der Waals surface area (Å²) in [5, 5.41) is 2.86. The number of methoxy groups -OCH3 is 2. The van der Waals surface area contributed by atoms with Crippen LogP contribution in [0.3, 0.4) is 0 Å². The topological polar surface area (TPSA) is 76.8 Å². The molecule has 0 atom stereocenters. The molecule has 0 radical (unpaired) electrons. The van der Waals surface area contributed by atoms with Crippen LogP contribution in [0.4, 0.5) is 17.1 Å². The van der Waals surface area contributed by atoms with Crippen LogP contribution in [0.25, 0.3) is 0 Å². The van der Waals surface area contributed by atoms with Crippen molar-refractivity contribution in [1.29, 1.82) is 0 Å². The number of carbonyl (C=O) groups is 1. The predicted octanol–water partition coefficient (Wildman–Crippen LogP) is 3.38. The van der Waals surface area contributed by atoms with Crippen molar-refractivity contribution in [1.82, 2.24) is 0 Å². The minimum atomic E-state index is -0.240. The first-order valence-corrected chi connectivity index (χ1v) is 8.21. The van der Waals surface area contributed by atoms with Crippen LogP contribution >= 0.6 is 0 Å². The van der Waals surface area contributed by atoms with E-state index in [2.05, 4.69) is 24.1 Å². The summed E-state index contributed by atoms with van der Waals surface area (Å²) in [5.74, 6) is 0.842. The van der Waals surface area contributed by atoms with Crippen molar-refractivity contribution >= 4 is 23.0 Å². The quantitative estimate of drug-likeness (QED) is 0.754. The Balaban J connectivity index is 2.19. The van der Waals surface area contributed by atoms with Gasteiger partial charge in [-0.2, -0.15) is 0 Å². The van der Waals surface area contributed by atoms with Gasteiger partial charge in [-0.1, -0.05) is 0 Å². The summed E-state index contributed by atoms with van der Waals surface area (Å²) in [4.78, 5) is 14.6. The Morgan fingerprint density at radius 3 is 2.28 bits per heavy atom. The smallest absolute Gasteiger partial charge is 0.255 e. The number of carbonyl (C=O) groups excluding carboxylic acids is 1. The highest BCUT2D eigenvalue weighted by Gasteiger charge is 2.12. The van der Waals surface area contributed by atoms with Crippen molar-refractivity contribution in [3.8, 4) is 11.5 Å². The monoisotopic (exact) mass is 343 g/mol. The molecular formula is C19H25N3O3. The minimum Gasteiger partial charge on any atom is -0.493 e. The largest absolute Gasteiger partial charge is 0.493 e. The summed E-state index contributed by atoms with van der Waals surface area (Å²) in [5.41, 5.74) is 8.86. The Kier molecular flexibility index (Phi) is 6.11. The summed E-state index contributed by atoms with van der Waals surface area (Å²) in [6.45, 7) is 5.90. The molecule has 6 nitrogen and oxygen atoms in total. The van der Waals surface area contributed by atoms with Gasteiger partial charge >= 0.3 is 0 Å². The lowest BCUT2D eigenvalue weighted by Crippen LogP contribution is -2.23. The van der Waals surface area contributed by atoms with Crippen molar-refractivity contribution < 1.29 is 14.3 Å². The molecule has 0 aliphatic rings. The molecule has 0 spiro atoms. The molecule has 134 valence electrons. The molecule has 0 unspecified atom stereocenters. The Labute approximate surface area is 148 Å². The lowest BCUT2D eigenvalue weighted by Gasteiger charge is -2.23. The van der Waals surface area contributed by atoms with Crippen LogP contribution in [0.2, 0.25) is 0 Å². The van der Waals surface area contributed by atoms with Crippen molar-refractivity contribution in [3.05, 3.63) is 42.0 Å². The van der Waals surface area contributed by atoms with Gasteiger partial charge in [-0.25, -0.2) is 0 Å². The maximum atomic E-state index is 12.5. The van der Waals surface area contributed by atoms with Gasteiger partial charge in [0.1, 0.15) is 0 Å². The summed E-state index contributed by atoms with van der Waals surface area (Å²) in [7, 11) is 3.09. The van der Waals surface area contributed by atoms with Crippen molar-refractivity contribution in [3.63, 3.8) is 0 Å². The Morgan fingerprint density at radius 1 is 1.04 bits per heavy atom. The van der Waals surface area contributed by atoms with E-state index in [1.54, 1.807) is 31.4 Å². The number of nitrogens with two attached hydrogens (primary N) is 1. The Bertz CT molecular complexity index is 743. The zero-order valence-electron chi connectivity index (χ0n) is 15.1. The average molecular weight is 343 g/mol. The first kappa shape index (κ1) is 18.4. The lowest BCUT2D eigenvalue weighted by atomic mass is 10.1. The van der Waals surface area contributed by atoms with Crippen molar-refractivity contribution in [2.45, 2.75) is 13.8 Å². The van der Waals surface area contributed by atoms with Crippen LogP contribution in [0, 0.1) is 0 Å². The summed E-state index contributed by atoms with van der Waals surface area (Å²) in [6.07, 6.45) is 0. The molecule has 0 aliphatic heterocycles. The third-order valence-electron chi connectivity index (χ3n) is 4.04. The number of nitrogen functional groups attached to an aromatic ring is 1. The molecule has 6 heteroatoms. The molecule has 1 amide bonds. The highest BCUT2D eigenvalue weighted by molar-refractivity contribution is 6.05. The van der Waals surface area contributed by atoms with E-state index >= 15 is 0 Å². The molecule has 0 bridgehead atoms. The van der Waals surface area contributed by atoms with Gasteiger partial charge in [0.15, 0.2) is 11.5 Å². The maximum Gasteiger partial charge on any atom is 0.255 e. The van der Waals surface area contributed by atoms with Crippen molar-refractivity contribution in [2.24, 2.45) is 0 Å². The van der Waals surface area contributed by atoms with E-state index in [1.165, 1.54) is 7.11 Å². The number of benzene rings is 2. The van der Waals surface area contributed by atoms with Crippen LogP contribution in [0.15, 0.2) is 36.4 Å². The average Bonchev–Trinajstić information content (AvgIpc) is 2.63. The van der Waals surface area contributed by atoms with E-state index in [1.807, 2.05) is 12.1 Å². The van der Waals surface area contributed by atoms with Gasteiger partial charge in [0, 0.05) is 24.3 Å². The SMILES string of the molecule is CCN(CC)c1ccc(NC(=O)c2ccc(OC)c(OC)c2)cc1N. The van der Waals surface area contributed by atoms with E-state index in [0.29, 0.717) is 28.4 Å². The van der Waals surface area contributed by atoms with Crippen molar-refractivity contribution in [2.75, 3.05) is 43.3 Å². The molecule has 0 heterocycles. The fourth-order valence-electron chi connectivity index (χ4n) is 2.67. The zero-order chi connectivity index (χ0) is 18.4. The number of nitrogens with zero attached hydrogens (tertiary/aromatic N) is 1. The van der Waals surface area contributed by atoms with E-state index in [-0.39, 0.29) is 5.91 Å². The van der Waals surface area contributed by atoms with Gasteiger partial charge in [-0.05, 0) is 50.2 Å². The second-order valence-corrected chi connectivity index (χ2v) is 5.47. The van der Waals surface area contributed by atoms with Gasteiger partial charge in [0.25, 0.3) is 5.91 Å². The highest BCUT2D eigenvalue weighted by Crippen LogP contribution is 2.29. The summed E-state index contributed by atoms with van der Waals surface area (Å²) < 4.78 is 10.4. The van der Waals surface area contributed by atoms with E-state index in [9.17, 15) is 4.79 Å². The highest BCUT2D eigenvalue weighted by atomic mass is 16.5. The van der Waals surface area contributed by atoms with Crippen LogP contribution < -0.4 is 25.4 Å². The predicted molar refractivity (Wildman–Crippen MR) is 102 cm³/mol. The summed E-state index contributed by atoms with van der Waals surface area (Å²) >= 11 is 0. The second kappa shape index (κ2) is 8.28. The fraction of sp³-hybridized carbons (Fsp3) is 0.316. The van der Waals surface area contributed by atoms with E-state index in [4.69, 9.17) is 15.2 Å². The van der Waals surface area contributed by atoms with Gasteiger partial charge < -0.3 is 25.4 Å². The van der Waals surface area contributed by atoms with E-state index < -0.39 is 0 Å². The lowest BCUT2D eigenvalue weighted by molar-refractivity contribution is 0.102. The number of amides is 1. The molecule has 3 N–H and O–H groups in total. The Hall–Kier alpha value is -2.89. The molecule has 2 aromatic rings. The maximum absolute atomic E-state index is 12.5.